The minimum absolute atomic E-state index is 0.738. The molecule has 2 heteroatoms. The van der Waals surface area contributed by atoms with E-state index in [0.717, 1.165) is 18.6 Å². The first-order valence-corrected chi connectivity index (χ1v) is 7.79. The number of nitrogens with one attached hydrogen (secondary N) is 1. The Labute approximate surface area is 108 Å². The molecule has 2 nitrogen and oxygen atoms in total. The van der Waals surface area contributed by atoms with Crippen LogP contribution in [-0.4, -0.2) is 36.6 Å². The van der Waals surface area contributed by atoms with E-state index in [0.29, 0.717) is 0 Å². The van der Waals surface area contributed by atoms with E-state index in [-0.39, 0.29) is 0 Å². The van der Waals surface area contributed by atoms with E-state index < -0.39 is 0 Å². The second kappa shape index (κ2) is 8.93. The molecule has 1 rings (SSSR count). The summed E-state index contributed by atoms with van der Waals surface area (Å²) in [6.07, 6.45) is 9.76. The van der Waals surface area contributed by atoms with Crippen LogP contribution in [0.25, 0.3) is 0 Å². The molecule has 1 unspecified atom stereocenters. The molecule has 1 N–H and O–H groups in total. The van der Waals surface area contributed by atoms with Crippen LogP contribution in [0, 0.1) is 0 Å². The van der Waals surface area contributed by atoms with E-state index in [4.69, 9.17) is 0 Å². The molecule has 102 valence electrons. The number of hydrogen-bond acceptors (Lipinski definition) is 2. The van der Waals surface area contributed by atoms with Gasteiger partial charge in [-0.1, -0.05) is 33.6 Å². The summed E-state index contributed by atoms with van der Waals surface area (Å²) in [6.45, 7) is 10.5. The molecule has 1 atom stereocenters. The van der Waals surface area contributed by atoms with Crippen LogP contribution in [0.1, 0.15) is 65.7 Å². The Morgan fingerprint density at radius 1 is 1.18 bits per heavy atom. The predicted octanol–water partition coefficient (Wildman–Crippen LogP) is 3.42. The molecule has 17 heavy (non-hydrogen) atoms. The molecule has 0 bridgehead atoms. The van der Waals surface area contributed by atoms with Crippen LogP contribution in [0.15, 0.2) is 0 Å². The van der Waals surface area contributed by atoms with Crippen molar-refractivity contribution in [3.63, 3.8) is 0 Å². The summed E-state index contributed by atoms with van der Waals surface area (Å²) in [5.41, 5.74) is 0. The van der Waals surface area contributed by atoms with Crippen molar-refractivity contribution in [2.75, 3.05) is 19.6 Å². The van der Waals surface area contributed by atoms with Crippen molar-refractivity contribution in [1.29, 1.82) is 0 Å². The molecular weight excluding hydrogens is 208 g/mol. The molecule has 1 aliphatic carbocycles. The fourth-order valence-electron chi connectivity index (χ4n) is 3.15. The quantitative estimate of drug-likeness (QED) is 0.664. The van der Waals surface area contributed by atoms with Crippen LogP contribution in [0.3, 0.4) is 0 Å². The van der Waals surface area contributed by atoms with E-state index >= 15 is 0 Å². The van der Waals surface area contributed by atoms with Gasteiger partial charge < -0.3 is 10.2 Å². The second-order valence-corrected chi connectivity index (χ2v) is 5.37. The maximum absolute atomic E-state index is 3.58. The van der Waals surface area contributed by atoms with Gasteiger partial charge in [-0.15, -0.1) is 0 Å². The summed E-state index contributed by atoms with van der Waals surface area (Å²) in [4.78, 5) is 2.71. The van der Waals surface area contributed by atoms with Crippen molar-refractivity contribution in [3.8, 4) is 0 Å². The summed E-state index contributed by atoms with van der Waals surface area (Å²) in [5, 5.41) is 3.58. The van der Waals surface area contributed by atoms with Gasteiger partial charge in [-0.3, -0.25) is 0 Å². The molecule has 0 aromatic rings. The second-order valence-electron chi connectivity index (χ2n) is 5.37. The fourth-order valence-corrected chi connectivity index (χ4v) is 3.15. The van der Waals surface area contributed by atoms with Gasteiger partial charge in [0, 0.05) is 12.1 Å². The predicted molar refractivity (Wildman–Crippen MR) is 76.5 cm³/mol. The molecule has 0 aromatic heterocycles. The molecule has 1 saturated carbocycles. The normalized spacial score (nSPS) is 19.1. The standard InChI is InChI=1S/C15H32N2/c1-4-14(16-5-2)10-9-13-17(6-3)15-11-7-8-12-15/h14-16H,4-13H2,1-3H3. The van der Waals surface area contributed by atoms with Crippen LogP contribution in [-0.2, 0) is 0 Å². The van der Waals surface area contributed by atoms with Gasteiger partial charge in [0.15, 0.2) is 0 Å². The highest BCUT2D eigenvalue weighted by Crippen LogP contribution is 2.23. The van der Waals surface area contributed by atoms with E-state index in [1.807, 2.05) is 0 Å². The average molecular weight is 240 g/mol. The third kappa shape index (κ3) is 5.39. The molecule has 0 aliphatic heterocycles. The average Bonchev–Trinajstić information content (AvgIpc) is 2.87. The van der Waals surface area contributed by atoms with E-state index in [9.17, 15) is 0 Å². The lowest BCUT2D eigenvalue weighted by molar-refractivity contribution is 0.202. The minimum atomic E-state index is 0.738. The minimum Gasteiger partial charge on any atom is -0.314 e. The Balaban J connectivity index is 2.17. The summed E-state index contributed by atoms with van der Waals surface area (Å²) < 4.78 is 0. The molecule has 1 aliphatic rings. The maximum Gasteiger partial charge on any atom is 0.00951 e. The molecule has 0 heterocycles. The zero-order valence-electron chi connectivity index (χ0n) is 12.2. The highest BCUT2D eigenvalue weighted by Gasteiger charge is 2.20. The van der Waals surface area contributed by atoms with Crippen molar-refractivity contribution < 1.29 is 0 Å². The first-order valence-electron chi connectivity index (χ1n) is 7.79. The van der Waals surface area contributed by atoms with Gasteiger partial charge in [0.1, 0.15) is 0 Å². The molecule has 0 radical (unpaired) electrons. The number of hydrogen-bond donors (Lipinski definition) is 1. The summed E-state index contributed by atoms with van der Waals surface area (Å²) in [6, 6.07) is 1.64. The third-order valence-corrected chi connectivity index (χ3v) is 4.23. The largest absolute Gasteiger partial charge is 0.314 e. The van der Waals surface area contributed by atoms with E-state index in [1.165, 1.54) is 58.0 Å². The molecule has 0 amide bonds. The Kier molecular flexibility index (Phi) is 7.87. The third-order valence-electron chi connectivity index (χ3n) is 4.23. The Bertz CT molecular complexity index is 176. The van der Waals surface area contributed by atoms with Crippen molar-refractivity contribution in [3.05, 3.63) is 0 Å². The first kappa shape index (κ1) is 15.0. The van der Waals surface area contributed by atoms with Crippen LogP contribution >= 0.6 is 0 Å². The van der Waals surface area contributed by atoms with Gasteiger partial charge >= 0.3 is 0 Å². The van der Waals surface area contributed by atoms with Gasteiger partial charge in [0.2, 0.25) is 0 Å². The highest BCUT2D eigenvalue weighted by atomic mass is 15.1. The highest BCUT2D eigenvalue weighted by molar-refractivity contribution is 4.77. The van der Waals surface area contributed by atoms with Gasteiger partial charge in [-0.05, 0) is 51.7 Å². The van der Waals surface area contributed by atoms with Crippen molar-refractivity contribution in [1.82, 2.24) is 10.2 Å². The smallest absolute Gasteiger partial charge is 0.00951 e. The number of rotatable bonds is 9. The lowest BCUT2D eigenvalue weighted by Gasteiger charge is -2.28. The zero-order valence-corrected chi connectivity index (χ0v) is 12.2. The van der Waals surface area contributed by atoms with Gasteiger partial charge in [0.05, 0.1) is 0 Å². The molecular formula is C15H32N2. The summed E-state index contributed by atoms with van der Waals surface area (Å²) >= 11 is 0. The summed E-state index contributed by atoms with van der Waals surface area (Å²) in [5.74, 6) is 0. The Morgan fingerprint density at radius 2 is 1.88 bits per heavy atom. The monoisotopic (exact) mass is 240 g/mol. The molecule has 0 spiro atoms. The topological polar surface area (TPSA) is 15.3 Å². The van der Waals surface area contributed by atoms with Gasteiger partial charge in [-0.2, -0.15) is 0 Å². The summed E-state index contributed by atoms with van der Waals surface area (Å²) in [7, 11) is 0. The van der Waals surface area contributed by atoms with Crippen LogP contribution in [0.5, 0.6) is 0 Å². The molecule has 1 fully saturated rings. The van der Waals surface area contributed by atoms with Crippen molar-refractivity contribution in [2.45, 2.75) is 77.8 Å². The molecule has 0 saturated heterocycles. The van der Waals surface area contributed by atoms with E-state index in [1.54, 1.807) is 0 Å². The van der Waals surface area contributed by atoms with Crippen LogP contribution < -0.4 is 5.32 Å². The molecule has 0 aromatic carbocycles. The zero-order chi connectivity index (χ0) is 12.5. The maximum atomic E-state index is 3.58. The van der Waals surface area contributed by atoms with Gasteiger partial charge in [0.25, 0.3) is 0 Å². The lowest BCUT2D eigenvalue weighted by Crippen LogP contribution is -2.35. The van der Waals surface area contributed by atoms with E-state index in [2.05, 4.69) is 31.0 Å². The van der Waals surface area contributed by atoms with Crippen molar-refractivity contribution >= 4 is 0 Å². The van der Waals surface area contributed by atoms with Crippen LogP contribution in [0.4, 0.5) is 0 Å². The fraction of sp³-hybridized carbons (Fsp3) is 1.00. The number of nitrogens with zero attached hydrogens (tertiary/aromatic N) is 1. The van der Waals surface area contributed by atoms with Crippen molar-refractivity contribution in [2.24, 2.45) is 0 Å². The Morgan fingerprint density at radius 3 is 2.41 bits per heavy atom. The lowest BCUT2D eigenvalue weighted by atomic mass is 10.1. The first-order chi connectivity index (χ1) is 8.31. The SMILES string of the molecule is CCNC(CC)CCCN(CC)C1CCCC1. The Hall–Kier alpha value is -0.0800. The van der Waals surface area contributed by atoms with Crippen LogP contribution in [0.2, 0.25) is 0 Å². The van der Waals surface area contributed by atoms with Gasteiger partial charge in [-0.25, -0.2) is 0 Å².